The van der Waals surface area contributed by atoms with Crippen LogP contribution in [-0.4, -0.2) is 36.3 Å². The smallest absolute Gasteiger partial charge is 0.249 e. The molecule has 3 atom stereocenters. The van der Waals surface area contributed by atoms with Gasteiger partial charge in [-0.3, -0.25) is 19.7 Å². The predicted octanol–water partition coefficient (Wildman–Crippen LogP) is 0.958. The van der Waals surface area contributed by atoms with Crippen LogP contribution in [0, 0.1) is 11.8 Å². The SMILES string of the molecule is CC.CC(C)C1CCC(C(=O)NC2CCC(=O)NC2=O)CN1. The molecule has 0 aliphatic carbocycles. The van der Waals surface area contributed by atoms with Gasteiger partial charge in [0.05, 0.1) is 5.92 Å². The number of amides is 3. The Balaban J connectivity index is 0.00000116. The lowest BCUT2D eigenvalue weighted by Gasteiger charge is -2.32. The number of hydrogen-bond donors (Lipinski definition) is 3. The van der Waals surface area contributed by atoms with Gasteiger partial charge in [0, 0.05) is 19.0 Å². The normalized spacial score (nSPS) is 28.5. The van der Waals surface area contributed by atoms with Crippen molar-refractivity contribution in [2.45, 2.75) is 65.5 Å². The van der Waals surface area contributed by atoms with Crippen molar-refractivity contribution in [1.82, 2.24) is 16.0 Å². The van der Waals surface area contributed by atoms with Gasteiger partial charge in [-0.15, -0.1) is 0 Å². The fourth-order valence-electron chi connectivity index (χ4n) is 2.79. The molecule has 2 saturated heterocycles. The first-order valence-electron chi connectivity index (χ1n) is 8.35. The molecule has 2 heterocycles. The van der Waals surface area contributed by atoms with Crippen molar-refractivity contribution >= 4 is 17.7 Å². The van der Waals surface area contributed by atoms with Gasteiger partial charge in [-0.2, -0.15) is 0 Å². The van der Waals surface area contributed by atoms with E-state index in [0.29, 0.717) is 24.9 Å². The van der Waals surface area contributed by atoms with Gasteiger partial charge in [-0.1, -0.05) is 27.7 Å². The van der Waals surface area contributed by atoms with Gasteiger partial charge in [-0.05, 0) is 25.2 Å². The quantitative estimate of drug-likeness (QED) is 0.678. The molecular weight excluding hydrogens is 282 g/mol. The highest BCUT2D eigenvalue weighted by Crippen LogP contribution is 2.19. The summed E-state index contributed by atoms with van der Waals surface area (Å²) >= 11 is 0. The van der Waals surface area contributed by atoms with E-state index in [4.69, 9.17) is 0 Å². The molecule has 0 spiro atoms. The molecule has 0 bridgehead atoms. The minimum atomic E-state index is -0.567. The van der Waals surface area contributed by atoms with Crippen LogP contribution in [0.15, 0.2) is 0 Å². The van der Waals surface area contributed by atoms with Crippen LogP contribution in [-0.2, 0) is 14.4 Å². The molecule has 2 fully saturated rings. The van der Waals surface area contributed by atoms with Crippen molar-refractivity contribution in [3.8, 4) is 0 Å². The van der Waals surface area contributed by atoms with Crippen LogP contribution in [0.5, 0.6) is 0 Å². The van der Waals surface area contributed by atoms with E-state index in [-0.39, 0.29) is 24.2 Å². The van der Waals surface area contributed by atoms with E-state index in [1.165, 1.54) is 0 Å². The van der Waals surface area contributed by atoms with Crippen LogP contribution in [0.25, 0.3) is 0 Å². The van der Waals surface area contributed by atoms with Crippen LogP contribution in [0.4, 0.5) is 0 Å². The molecule has 126 valence electrons. The fraction of sp³-hybridized carbons (Fsp3) is 0.812. The number of carbonyl (C=O) groups is 3. The average Bonchev–Trinajstić information content (AvgIpc) is 2.52. The molecule has 0 saturated carbocycles. The van der Waals surface area contributed by atoms with Gasteiger partial charge < -0.3 is 10.6 Å². The van der Waals surface area contributed by atoms with Gasteiger partial charge in [0.25, 0.3) is 0 Å². The minimum Gasteiger partial charge on any atom is -0.344 e. The van der Waals surface area contributed by atoms with Crippen molar-refractivity contribution in [3.63, 3.8) is 0 Å². The van der Waals surface area contributed by atoms with Crippen LogP contribution in [0.1, 0.15) is 53.4 Å². The van der Waals surface area contributed by atoms with E-state index >= 15 is 0 Å². The lowest BCUT2D eigenvalue weighted by molar-refractivity contribution is -0.138. The van der Waals surface area contributed by atoms with E-state index in [9.17, 15) is 14.4 Å². The summed E-state index contributed by atoms with van der Waals surface area (Å²) in [5.74, 6) is -0.267. The molecule has 2 rings (SSSR count). The van der Waals surface area contributed by atoms with Crippen molar-refractivity contribution in [3.05, 3.63) is 0 Å². The Morgan fingerprint density at radius 1 is 1.18 bits per heavy atom. The van der Waals surface area contributed by atoms with Crippen molar-refractivity contribution in [2.75, 3.05) is 6.54 Å². The molecule has 6 heteroatoms. The molecule has 2 aliphatic rings. The van der Waals surface area contributed by atoms with E-state index in [2.05, 4.69) is 29.8 Å². The first kappa shape index (κ1) is 18.6. The first-order chi connectivity index (χ1) is 10.5. The molecule has 0 aromatic heterocycles. The number of piperidine rings is 2. The second kappa shape index (κ2) is 8.88. The Hall–Kier alpha value is -1.43. The third-order valence-corrected chi connectivity index (χ3v) is 4.18. The summed E-state index contributed by atoms with van der Waals surface area (Å²) < 4.78 is 0. The molecule has 2 aliphatic heterocycles. The topological polar surface area (TPSA) is 87.3 Å². The second-order valence-corrected chi connectivity index (χ2v) is 6.05. The van der Waals surface area contributed by atoms with Gasteiger partial charge in [0.1, 0.15) is 6.04 Å². The fourth-order valence-corrected chi connectivity index (χ4v) is 2.79. The molecular formula is C16H29N3O3. The largest absolute Gasteiger partial charge is 0.344 e. The highest BCUT2D eigenvalue weighted by atomic mass is 16.2. The third-order valence-electron chi connectivity index (χ3n) is 4.18. The monoisotopic (exact) mass is 311 g/mol. The molecule has 3 N–H and O–H groups in total. The molecule has 0 radical (unpaired) electrons. The maximum Gasteiger partial charge on any atom is 0.249 e. The van der Waals surface area contributed by atoms with E-state index in [1.54, 1.807) is 0 Å². The Morgan fingerprint density at radius 2 is 1.86 bits per heavy atom. The summed E-state index contributed by atoms with van der Waals surface area (Å²) in [6.07, 6.45) is 2.50. The molecule has 3 amide bonds. The number of carbonyl (C=O) groups excluding carboxylic acids is 3. The number of nitrogens with one attached hydrogen (secondary N) is 3. The summed E-state index contributed by atoms with van der Waals surface area (Å²) in [5, 5.41) is 8.40. The maximum atomic E-state index is 12.2. The van der Waals surface area contributed by atoms with Gasteiger partial charge >= 0.3 is 0 Å². The van der Waals surface area contributed by atoms with Crippen molar-refractivity contribution in [1.29, 1.82) is 0 Å². The Kier molecular flexibility index (Phi) is 7.51. The van der Waals surface area contributed by atoms with Gasteiger partial charge in [0.2, 0.25) is 17.7 Å². The summed E-state index contributed by atoms with van der Waals surface area (Å²) in [5.41, 5.74) is 0. The van der Waals surface area contributed by atoms with E-state index < -0.39 is 11.9 Å². The average molecular weight is 311 g/mol. The predicted molar refractivity (Wildman–Crippen MR) is 85.0 cm³/mol. The molecule has 22 heavy (non-hydrogen) atoms. The summed E-state index contributed by atoms with van der Waals surface area (Å²) in [6.45, 7) is 8.99. The van der Waals surface area contributed by atoms with Crippen LogP contribution >= 0.6 is 0 Å². The third kappa shape index (κ3) is 5.09. The lowest BCUT2D eigenvalue weighted by Crippen LogP contribution is -2.55. The number of hydrogen-bond acceptors (Lipinski definition) is 4. The molecule has 0 aromatic carbocycles. The van der Waals surface area contributed by atoms with Crippen molar-refractivity contribution < 1.29 is 14.4 Å². The maximum absolute atomic E-state index is 12.2. The zero-order valence-electron chi connectivity index (χ0n) is 14.1. The summed E-state index contributed by atoms with van der Waals surface area (Å²) in [4.78, 5) is 34.8. The van der Waals surface area contributed by atoms with E-state index in [1.807, 2.05) is 13.8 Å². The highest BCUT2D eigenvalue weighted by molar-refractivity contribution is 6.01. The standard InChI is InChI=1S/C14H23N3O3.C2H6/c1-8(2)10-4-3-9(7-15-10)13(19)16-11-5-6-12(18)17-14(11)20;1-2/h8-11,15H,3-7H2,1-2H3,(H,16,19)(H,17,18,20);1-2H3. The van der Waals surface area contributed by atoms with Crippen LogP contribution < -0.4 is 16.0 Å². The van der Waals surface area contributed by atoms with Crippen molar-refractivity contribution in [2.24, 2.45) is 11.8 Å². The summed E-state index contributed by atoms with van der Waals surface area (Å²) in [7, 11) is 0. The van der Waals surface area contributed by atoms with Crippen LogP contribution in [0.2, 0.25) is 0 Å². The van der Waals surface area contributed by atoms with Crippen LogP contribution in [0.3, 0.4) is 0 Å². The van der Waals surface area contributed by atoms with E-state index in [0.717, 1.165) is 12.8 Å². The molecule has 0 aromatic rings. The second-order valence-electron chi connectivity index (χ2n) is 6.05. The molecule has 3 unspecified atom stereocenters. The number of rotatable bonds is 3. The Bertz CT molecular complexity index is 401. The van der Waals surface area contributed by atoms with Gasteiger partial charge in [-0.25, -0.2) is 0 Å². The summed E-state index contributed by atoms with van der Waals surface area (Å²) in [6, 6.07) is -0.0994. The van der Waals surface area contributed by atoms with Gasteiger partial charge in [0.15, 0.2) is 0 Å². The first-order valence-corrected chi connectivity index (χ1v) is 8.35. The minimum absolute atomic E-state index is 0.0876. The Labute approximate surface area is 132 Å². The Morgan fingerprint density at radius 3 is 2.36 bits per heavy atom. The zero-order chi connectivity index (χ0) is 16.7. The molecule has 6 nitrogen and oxygen atoms in total. The highest BCUT2D eigenvalue weighted by Gasteiger charge is 2.32. The number of imide groups is 1. The lowest BCUT2D eigenvalue weighted by atomic mass is 9.88. The zero-order valence-corrected chi connectivity index (χ0v) is 14.1.